The minimum Gasteiger partial charge on any atom is -0.311 e. The van der Waals surface area contributed by atoms with Crippen molar-refractivity contribution in [2.24, 2.45) is 23.7 Å². The maximum atomic E-state index is 2.72. The average molecular weight is 777 g/mol. The second-order valence-corrected chi connectivity index (χ2v) is 20.1. The van der Waals surface area contributed by atoms with Crippen LogP contribution in [0.5, 0.6) is 0 Å². The van der Waals surface area contributed by atoms with Gasteiger partial charge >= 0.3 is 0 Å². The van der Waals surface area contributed by atoms with E-state index in [1.165, 1.54) is 119 Å². The molecule has 1 spiro atoms. The Balaban J connectivity index is 1.04. The predicted molar refractivity (Wildman–Crippen MR) is 251 cm³/mol. The van der Waals surface area contributed by atoms with Gasteiger partial charge in [0.05, 0.1) is 5.69 Å². The van der Waals surface area contributed by atoms with Crippen LogP contribution in [0, 0.1) is 23.7 Å². The van der Waals surface area contributed by atoms with Gasteiger partial charge in [0.15, 0.2) is 0 Å². The highest BCUT2D eigenvalue weighted by Crippen LogP contribution is 2.69. The molecule has 284 valence electrons. The lowest BCUT2D eigenvalue weighted by Crippen LogP contribution is -2.64. The van der Waals surface area contributed by atoms with Gasteiger partial charge in [0.2, 0.25) is 0 Å². The predicted octanol–water partition coefficient (Wildman–Crippen LogP) is 13.0. The van der Waals surface area contributed by atoms with Crippen molar-refractivity contribution in [3.8, 4) is 11.1 Å². The average Bonchev–Trinajstić information content (AvgIpc) is 3.65. The first kappa shape index (κ1) is 33.3. The third-order valence-electron chi connectivity index (χ3n) is 16.0. The number of hydrogen-bond acceptors (Lipinski definition) is 3. The second kappa shape index (κ2) is 11.8. The van der Waals surface area contributed by atoms with Crippen molar-refractivity contribution < 1.29 is 0 Å². The number of nitrogens with zero attached hydrogens (tertiary/aromatic N) is 2. The molecule has 7 aromatic carbocycles. The lowest BCUT2D eigenvalue weighted by atomic mass is 9.32. The van der Waals surface area contributed by atoms with Gasteiger partial charge in [0, 0.05) is 54.0 Å². The van der Waals surface area contributed by atoms with Crippen LogP contribution in [-0.4, -0.2) is 6.71 Å². The maximum absolute atomic E-state index is 2.72. The Kier molecular flexibility index (Phi) is 6.65. The summed E-state index contributed by atoms with van der Waals surface area (Å²) in [5, 5.41) is 2.71. The number of thiophene rings is 1. The van der Waals surface area contributed by atoms with Crippen LogP contribution < -0.4 is 26.2 Å². The van der Waals surface area contributed by atoms with Crippen molar-refractivity contribution in [3.63, 3.8) is 0 Å². The van der Waals surface area contributed by atoms with E-state index in [4.69, 9.17) is 0 Å². The lowest BCUT2D eigenvalue weighted by molar-refractivity contribution is -0.0419. The monoisotopic (exact) mass is 776 g/mol. The van der Waals surface area contributed by atoms with E-state index in [0.717, 1.165) is 11.8 Å². The molecule has 0 radical (unpaired) electrons. The molecule has 4 fully saturated rings. The third kappa shape index (κ3) is 4.23. The largest absolute Gasteiger partial charge is 0.311 e. The molecule has 3 aliphatic heterocycles. The fraction of sp³-hybridized carbons (Fsp3) is 0.236. The van der Waals surface area contributed by atoms with Gasteiger partial charge in [-0.25, -0.2) is 0 Å². The first-order valence-corrected chi connectivity index (χ1v) is 23.0. The first-order valence-electron chi connectivity index (χ1n) is 22.2. The standard InChI is InChI=1S/C55H45BN2S/c1-32(2)35-20-23-39(24-21-35)57-47-16-9-17-48-53(47)56(44-25-22-36(31-49(44)57)40-11-7-19-51-52(40)41-10-3-6-18-50(41)59-51)45-14-8-13-43-54(45)58(48)46-15-5-4-12-42(46)55(43)37-27-33-26-34(29-37)30-38(55)28-33/h3-25,31-34,37-38H,26-30H2,1-2H3. The van der Waals surface area contributed by atoms with Gasteiger partial charge in [0.1, 0.15) is 0 Å². The molecule has 1 aromatic heterocycles. The van der Waals surface area contributed by atoms with Crippen molar-refractivity contribution in [1.82, 2.24) is 0 Å². The molecule has 4 bridgehead atoms. The maximum Gasteiger partial charge on any atom is 0.252 e. The van der Waals surface area contributed by atoms with Crippen molar-refractivity contribution in [2.75, 3.05) is 9.80 Å². The molecule has 0 amide bonds. The molecule has 59 heavy (non-hydrogen) atoms. The lowest BCUT2D eigenvalue weighted by Gasteiger charge is -2.64. The van der Waals surface area contributed by atoms with Crippen molar-refractivity contribution >= 4 is 88.7 Å². The Labute approximate surface area is 351 Å². The summed E-state index contributed by atoms with van der Waals surface area (Å²) < 4.78 is 2.69. The Morgan fingerprint density at radius 1 is 0.576 bits per heavy atom. The normalized spacial score (nSPS) is 23.9. The van der Waals surface area contributed by atoms with Crippen LogP contribution in [0.15, 0.2) is 146 Å². The Morgan fingerprint density at radius 2 is 1.25 bits per heavy atom. The zero-order valence-electron chi connectivity index (χ0n) is 33.7. The summed E-state index contributed by atoms with van der Waals surface area (Å²) >= 11 is 1.90. The number of benzene rings is 7. The van der Waals surface area contributed by atoms with Gasteiger partial charge < -0.3 is 9.80 Å². The third-order valence-corrected chi connectivity index (χ3v) is 17.1. The number of anilines is 6. The number of hydrogen-bond donors (Lipinski definition) is 0. The van der Waals surface area contributed by atoms with Crippen LogP contribution in [0.25, 0.3) is 31.3 Å². The fourth-order valence-electron chi connectivity index (χ4n) is 14.0. The highest BCUT2D eigenvalue weighted by atomic mass is 32.1. The van der Waals surface area contributed by atoms with Crippen LogP contribution in [0.1, 0.15) is 68.6 Å². The minimum absolute atomic E-state index is 0.0779. The van der Waals surface area contributed by atoms with Gasteiger partial charge in [-0.05, 0) is 154 Å². The van der Waals surface area contributed by atoms with E-state index in [1.807, 2.05) is 11.3 Å². The van der Waals surface area contributed by atoms with Crippen LogP contribution in [-0.2, 0) is 5.41 Å². The van der Waals surface area contributed by atoms with Gasteiger partial charge in [-0.2, -0.15) is 0 Å². The quantitative estimate of drug-likeness (QED) is 0.165. The van der Waals surface area contributed by atoms with Crippen molar-refractivity contribution in [3.05, 3.63) is 162 Å². The van der Waals surface area contributed by atoms with Gasteiger partial charge in [-0.3, -0.25) is 0 Å². The Morgan fingerprint density at radius 3 is 2.07 bits per heavy atom. The molecule has 0 saturated heterocycles. The van der Waals surface area contributed by atoms with E-state index in [0.29, 0.717) is 17.8 Å². The number of para-hydroxylation sites is 2. The van der Waals surface area contributed by atoms with Gasteiger partial charge in [-0.1, -0.05) is 111 Å². The Bertz CT molecular complexity index is 3060. The Hall–Kier alpha value is -5.58. The summed E-state index contributed by atoms with van der Waals surface area (Å²) in [6.07, 6.45) is 7.01. The summed E-state index contributed by atoms with van der Waals surface area (Å²) in [4.78, 5) is 5.31. The smallest absolute Gasteiger partial charge is 0.252 e. The molecule has 15 rings (SSSR count). The summed E-state index contributed by atoms with van der Waals surface area (Å²) in [5.74, 6) is 3.72. The van der Waals surface area contributed by atoms with E-state index in [-0.39, 0.29) is 12.1 Å². The SMILES string of the molecule is CC(C)c1ccc(N2c3cc(-c4cccc5sc6ccccc6c45)ccc3B3c4cccc5c4N(c4ccccc4C54C5CC6CC(C5)CC4C6)c4cccc2c43)cc1. The highest BCUT2D eigenvalue weighted by Gasteiger charge is 2.62. The molecule has 4 aliphatic carbocycles. The van der Waals surface area contributed by atoms with E-state index < -0.39 is 0 Å². The van der Waals surface area contributed by atoms with E-state index >= 15 is 0 Å². The number of fused-ring (bicyclic) bond motifs is 9. The molecule has 0 unspecified atom stereocenters. The summed E-state index contributed by atoms with van der Waals surface area (Å²) in [7, 11) is 0. The van der Waals surface area contributed by atoms with Crippen molar-refractivity contribution in [1.29, 1.82) is 0 Å². The summed E-state index contributed by atoms with van der Waals surface area (Å²) in [6, 6.07) is 57.0. The second-order valence-electron chi connectivity index (χ2n) is 19.0. The first-order chi connectivity index (χ1) is 29.1. The molecule has 2 nitrogen and oxygen atoms in total. The minimum atomic E-state index is 0.0779. The van der Waals surface area contributed by atoms with E-state index in [9.17, 15) is 0 Å². The molecule has 4 saturated carbocycles. The molecule has 4 heterocycles. The van der Waals surface area contributed by atoms with E-state index in [1.54, 1.807) is 11.1 Å². The molecule has 4 heteroatoms. The zero-order valence-corrected chi connectivity index (χ0v) is 34.5. The highest BCUT2D eigenvalue weighted by molar-refractivity contribution is 7.26. The zero-order chi connectivity index (χ0) is 38.7. The van der Waals surface area contributed by atoms with Crippen molar-refractivity contribution in [2.45, 2.75) is 57.3 Å². The molecular weight excluding hydrogens is 731 g/mol. The van der Waals surface area contributed by atoms with Gasteiger partial charge in [-0.15, -0.1) is 11.3 Å². The van der Waals surface area contributed by atoms with Crippen LogP contribution in [0.3, 0.4) is 0 Å². The van der Waals surface area contributed by atoms with Crippen LogP contribution >= 0.6 is 11.3 Å². The molecule has 0 atom stereocenters. The molecular formula is C55H45BN2S. The summed E-state index contributed by atoms with van der Waals surface area (Å²) in [6.45, 7) is 4.71. The number of rotatable bonds is 3. The van der Waals surface area contributed by atoms with Gasteiger partial charge in [0.25, 0.3) is 6.71 Å². The topological polar surface area (TPSA) is 6.48 Å². The van der Waals surface area contributed by atoms with Crippen LogP contribution in [0.2, 0.25) is 0 Å². The van der Waals surface area contributed by atoms with E-state index in [2.05, 4.69) is 169 Å². The van der Waals surface area contributed by atoms with Crippen LogP contribution in [0.4, 0.5) is 34.1 Å². The molecule has 8 aromatic rings. The molecule has 7 aliphatic rings. The fourth-order valence-corrected chi connectivity index (χ4v) is 15.1. The molecule has 0 N–H and O–H groups in total. The summed E-state index contributed by atoms with van der Waals surface area (Å²) in [5.41, 5.74) is 19.5.